The molecule has 0 fully saturated rings. The first-order chi connectivity index (χ1) is 9.34. The van der Waals surface area contributed by atoms with Crippen molar-refractivity contribution in [3.05, 3.63) is 38.9 Å². The van der Waals surface area contributed by atoms with E-state index in [1.165, 1.54) is 6.07 Å². The highest BCUT2D eigenvalue weighted by Gasteiger charge is 2.19. The van der Waals surface area contributed by atoms with E-state index in [2.05, 4.69) is 33.0 Å². The molecule has 0 heterocycles. The fourth-order valence-corrected chi connectivity index (χ4v) is 2.73. The number of rotatable bonds is 7. The molecule has 5 heteroatoms. The number of halogens is 1. The van der Waals surface area contributed by atoms with Gasteiger partial charge in [-0.2, -0.15) is 0 Å². The van der Waals surface area contributed by atoms with E-state index in [1.807, 2.05) is 0 Å². The molecule has 0 bridgehead atoms. The van der Waals surface area contributed by atoms with Crippen LogP contribution in [-0.2, 0) is 6.54 Å². The lowest BCUT2D eigenvalue weighted by atomic mass is 9.85. The summed E-state index contributed by atoms with van der Waals surface area (Å²) < 4.78 is 0. The number of hydrogen-bond donors (Lipinski definition) is 1. The third-order valence-corrected chi connectivity index (χ3v) is 4.04. The lowest BCUT2D eigenvalue weighted by Crippen LogP contribution is -2.29. The van der Waals surface area contributed by atoms with Crippen LogP contribution in [-0.4, -0.2) is 11.5 Å². The summed E-state index contributed by atoms with van der Waals surface area (Å²) in [4.78, 5) is 10.6. The molecule has 20 heavy (non-hydrogen) atoms. The van der Waals surface area contributed by atoms with Crippen molar-refractivity contribution in [2.45, 2.75) is 34.2 Å². The molecule has 0 radical (unpaired) electrons. The van der Waals surface area contributed by atoms with Gasteiger partial charge in [0.1, 0.15) is 0 Å². The molecule has 0 aliphatic heterocycles. The monoisotopic (exact) mass is 298 g/mol. The van der Waals surface area contributed by atoms with Gasteiger partial charge < -0.3 is 5.32 Å². The predicted molar refractivity (Wildman–Crippen MR) is 83.0 cm³/mol. The van der Waals surface area contributed by atoms with Gasteiger partial charge in [0.15, 0.2) is 0 Å². The molecule has 0 aromatic heterocycles. The van der Waals surface area contributed by atoms with E-state index in [1.54, 1.807) is 12.1 Å². The number of hydrogen-bond acceptors (Lipinski definition) is 3. The van der Waals surface area contributed by atoms with Crippen LogP contribution in [0.3, 0.4) is 0 Å². The summed E-state index contributed by atoms with van der Waals surface area (Å²) in [5.74, 6) is 1.68. The number of nitrogens with one attached hydrogen (secondary N) is 1. The van der Waals surface area contributed by atoms with Crippen molar-refractivity contribution in [2.75, 3.05) is 6.54 Å². The van der Waals surface area contributed by atoms with Gasteiger partial charge in [-0.05, 0) is 30.4 Å². The summed E-state index contributed by atoms with van der Waals surface area (Å²) in [6.07, 6.45) is 0. The second-order valence-electron chi connectivity index (χ2n) is 5.78. The van der Waals surface area contributed by atoms with E-state index in [4.69, 9.17) is 11.6 Å². The van der Waals surface area contributed by atoms with Crippen molar-refractivity contribution < 1.29 is 4.92 Å². The first kappa shape index (κ1) is 16.9. The van der Waals surface area contributed by atoms with Crippen LogP contribution < -0.4 is 5.32 Å². The summed E-state index contributed by atoms with van der Waals surface area (Å²) in [6.45, 7) is 10.0. The molecule has 112 valence electrons. The Morgan fingerprint density at radius 1 is 1.25 bits per heavy atom. The van der Waals surface area contributed by atoms with Gasteiger partial charge in [0.05, 0.1) is 15.5 Å². The van der Waals surface area contributed by atoms with Crippen LogP contribution in [0.1, 0.15) is 33.3 Å². The highest BCUT2D eigenvalue weighted by Crippen LogP contribution is 2.26. The highest BCUT2D eigenvalue weighted by molar-refractivity contribution is 6.31. The topological polar surface area (TPSA) is 55.2 Å². The lowest BCUT2D eigenvalue weighted by molar-refractivity contribution is -0.385. The maximum atomic E-state index is 11.0. The molecular weight excluding hydrogens is 276 g/mol. The third kappa shape index (κ3) is 4.46. The van der Waals surface area contributed by atoms with E-state index in [-0.39, 0.29) is 10.6 Å². The number of nitro groups is 1. The van der Waals surface area contributed by atoms with Crippen molar-refractivity contribution in [2.24, 2.45) is 17.8 Å². The normalized spacial score (nSPS) is 11.6. The molecule has 0 saturated carbocycles. The zero-order valence-corrected chi connectivity index (χ0v) is 13.3. The van der Waals surface area contributed by atoms with E-state index >= 15 is 0 Å². The first-order valence-corrected chi connectivity index (χ1v) is 7.34. The van der Waals surface area contributed by atoms with Gasteiger partial charge in [0.25, 0.3) is 5.69 Å². The highest BCUT2D eigenvalue weighted by atomic mass is 35.5. The van der Waals surface area contributed by atoms with Crippen molar-refractivity contribution >= 4 is 17.3 Å². The standard InChI is InChI=1S/C15H23ClN2O2/c1-10(2)12(11(3)4)8-17-9-13-14(16)6-5-7-15(13)18(19)20/h5-7,10-12,17H,8-9H2,1-4H3. The SMILES string of the molecule is CC(C)C(CNCc1c(Cl)cccc1[N+](=O)[O-])C(C)C. The summed E-state index contributed by atoms with van der Waals surface area (Å²) in [7, 11) is 0. The number of nitro benzene ring substituents is 1. The van der Waals surface area contributed by atoms with Crippen molar-refractivity contribution in [1.82, 2.24) is 5.32 Å². The quantitative estimate of drug-likeness (QED) is 0.604. The van der Waals surface area contributed by atoms with Crippen LogP contribution in [0.15, 0.2) is 18.2 Å². The van der Waals surface area contributed by atoms with Crippen molar-refractivity contribution in [1.29, 1.82) is 0 Å². The minimum absolute atomic E-state index is 0.0793. The molecule has 1 aromatic rings. The van der Waals surface area contributed by atoms with Crippen LogP contribution in [0.4, 0.5) is 5.69 Å². The second kappa shape index (κ2) is 7.60. The Morgan fingerprint density at radius 2 is 1.85 bits per heavy atom. The Hall–Kier alpha value is -1.13. The first-order valence-electron chi connectivity index (χ1n) is 6.97. The zero-order chi connectivity index (χ0) is 15.3. The van der Waals surface area contributed by atoms with Crippen LogP contribution in [0.2, 0.25) is 5.02 Å². The molecule has 1 aromatic carbocycles. The third-order valence-electron chi connectivity index (χ3n) is 3.69. The molecular formula is C15H23ClN2O2. The molecule has 0 aliphatic rings. The van der Waals surface area contributed by atoms with Gasteiger partial charge in [-0.1, -0.05) is 45.4 Å². The molecule has 0 unspecified atom stereocenters. The van der Waals surface area contributed by atoms with Crippen LogP contribution in [0.5, 0.6) is 0 Å². The Labute approximate surface area is 125 Å². The van der Waals surface area contributed by atoms with E-state index < -0.39 is 0 Å². The number of benzene rings is 1. The molecule has 0 aliphatic carbocycles. The van der Waals surface area contributed by atoms with Crippen LogP contribution >= 0.6 is 11.6 Å². The Kier molecular flexibility index (Phi) is 6.43. The second-order valence-corrected chi connectivity index (χ2v) is 6.18. The van der Waals surface area contributed by atoms with Gasteiger partial charge in [-0.3, -0.25) is 10.1 Å². The lowest BCUT2D eigenvalue weighted by Gasteiger charge is -2.25. The fourth-order valence-electron chi connectivity index (χ4n) is 2.50. The van der Waals surface area contributed by atoms with E-state index in [0.29, 0.717) is 34.9 Å². The minimum atomic E-state index is -0.384. The molecule has 1 N–H and O–H groups in total. The van der Waals surface area contributed by atoms with Crippen molar-refractivity contribution in [3.63, 3.8) is 0 Å². The number of nitrogens with zero attached hydrogens (tertiary/aromatic N) is 1. The van der Waals surface area contributed by atoms with E-state index in [9.17, 15) is 10.1 Å². The van der Waals surface area contributed by atoms with Crippen LogP contribution in [0, 0.1) is 27.9 Å². The van der Waals surface area contributed by atoms with Gasteiger partial charge in [0, 0.05) is 12.6 Å². The Bertz CT molecular complexity index is 453. The summed E-state index contributed by atoms with van der Waals surface area (Å²) in [5.41, 5.74) is 0.640. The van der Waals surface area contributed by atoms with Gasteiger partial charge >= 0.3 is 0 Å². The minimum Gasteiger partial charge on any atom is -0.312 e. The molecule has 0 saturated heterocycles. The van der Waals surface area contributed by atoms with E-state index in [0.717, 1.165) is 6.54 Å². The maximum absolute atomic E-state index is 11.0. The molecule has 0 spiro atoms. The van der Waals surface area contributed by atoms with Gasteiger partial charge in [-0.25, -0.2) is 0 Å². The van der Waals surface area contributed by atoms with Crippen LogP contribution in [0.25, 0.3) is 0 Å². The summed E-state index contributed by atoms with van der Waals surface area (Å²) >= 11 is 6.07. The average molecular weight is 299 g/mol. The van der Waals surface area contributed by atoms with Crippen molar-refractivity contribution in [3.8, 4) is 0 Å². The fraction of sp³-hybridized carbons (Fsp3) is 0.600. The molecule has 1 rings (SSSR count). The molecule has 0 amide bonds. The zero-order valence-electron chi connectivity index (χ0n) is 12.5. The predicted octanol–water partition coefficient (Wildman–Crippen LogP) is 4.27. The molecule has 4 nitrogen and oxygen atoms in total. The maximum Gasteiger partial charge on any atom is 0.275 e. The Balaban J connectivity index is 2.73. The summed E-state index contributed by atoms with van der Waals surface area (Å²) in [5, 5.41) is 14.8. The Morgan fingerprint density at radius 3 is 2.35 bits per heavy atom. The molecule has 0 atom stereocenters. The summed E-state index contributed by atoms with van der Waals surface area (Å²) in [6, 6.07) is 4.79. The van der Waals surface area contributed by atoms with Gasteiger partial charge in [0.2, 0.25) is 0 Å². The smallest absolute Gasteiger partial charge is 0.275 e. The average Bonchev–Trinajstić information content (AvgIpc) is 2.34. The largest absolute Gasteiger partial charge is 0.312 e. The van der Waals surface area contributed by atoms with Gasteiger partial charge in [-0.15, -0.1) is 0 Å².